The Labute approximate surface area is 139 Å². The smallest absolute Gasteiger partial charge is 0.336 e. The van der Waals surface area contributed by atoms with Crippen LogP contribution in [0, 0.1) is 22.7 Å². The molecular weight excluding hydrogens is 302 g/mol. The van der Waals surface area contributed by atoms with Crippen LogP contribution in [-0.4, -0.2) is 11.1 Å². The molecule has 2 N–H and O–H groups in total. The van der Waals surface area contributed by atoms with Gasteiger partial charge in [-0.1, -0.05) is 42.5 Å². The van der Waals surface area contributed by atoms with Gasteiger partial charge in [0.2, 0.25) is 0 Å². The second kappa shape index (κ2) is 7.98. The highest BCUT2D eigenvalue weighted by Crippen LogP contribution is 2.19. The van der Waals surface area contributed by atoms with Gasteiger partial charge in [0.05, 0.1) is 5.57 Å². The highest BCUT2D eigenvalue weighted by Gasteiger charge is 2.09. The second-order valence-corrected chi connectivity index (χ2v) is 4.78. The molecule has 2 aromatic carbocycles. The molecule has 24 heavy (non-hydrogen) atoms. The van der Waals surface area contributed by atoms with Crippen molar-refractivity contribution in [1.29, 1.82) is 10.5 Å². The third-order valence-corrected chi connectivity index (χ3v) is 3.16. The lowest BCUT2D eigenvalue weighted by molar-refractivity contribution is -0.130. The molecule has 0 heterocycles. The Hall–Kier alpha value is -3.83. The van der Waals surface area contributed by atoms with Gasteiger partial charge in [0, 0.05) is 11.9 Å². The third kappa shape index (κ3) is 4.33. The van der Waals surface area contributed by atoms with Crippen molar-refractivity contribution in [2.75, 3.05) is 5.32 Å². The zero-order valence-corrected chi connectivity index (χ0v) is 12.6. The van der Waals surface area contributed by atoms with Gasteiger partial charge in [0.15, 0.2) is 0 Å². The number of carboxylic acid groups (broad SMARTS) is 1. The maximum absolute atomic E-state index is 11.5. The van der Waals surface area contributed by atoms with Crippen molar-refractivity contribution in [2.45, 2.75) is 0 Å². The number of nitriles is 2. The molecule has 0 unspecified atom stereocenters. The lowest BCUT2D eigenvalue weighted by Gasteiger charge is -2.04. The fourth-order valence-corrected chi connectivity index (χ4v) is 1.97. The summed E-state index contributed by atoms with van der Waals surface area (Å²) < 4.78 is 0. The van der Waals surface area contributed by atoms with E-state index in [9.17, 15) is 9.90 Å². The molecule has 2 rings (SSSR count). The molecule has 2 aromatic rings. The fourth-order valence-electron chi connectivity index (χ4n) is 1.97. The Balaban J connectivity index is 2.24. The van der Waals surface area contributed by atoms with Crippen molar-refractivity contribution in [3.05, 3.63) is 77.5 Å². The van der Waals surface area contributed by atoms with Gasteiger partial charge in [-0.2, -0.15) is 10.5 Å². The van der Waals surface area contributed by atoms with E-state index in [0.29, 0.717) is 11.3 Å². The van der Waals surface area contributed by atoms with E-state index in [-0.39, 0.29) is 11.1 Å². The highest BCUT2D eigenvalue weighted by atomic mass is 16.4. The van der Waals surface area contributed by atoms with E-state index in [1.54, 1.807) is 66.7 Å². The third-order valence-electron chi connectivity index (χ3n) is 3.16. The summed E-state index contributed by atoms with van der Waals surface area (Å²) in [5.74, 6) is -1.00. The Morgan fingerprint density at radius 3 is 2.17 bits per heavy atom. The number of allylic oxidation sites excluding steroid dienone is 1. The van der Waals surface area contributed by atoms with Gasteiger partial charge in [-0.3, -0.25) is 0 Å². The fraction of sp³-hybridized carbons (Fsp3) is 0. The van der Waals surface area contributed by atoms with Gasteiger partial charge < -0.3 is 10.4 Å². The molecule has 0 aliphatic rings. The maximum Gasteiger partial charge on any atom is 0.336 e. The van der Waals surface area contributed by atoms with E-state index in [0.717, 1.165) is 5.56 Å². The summed E-state index contributed by atoms with van der Waals surface area (Å²) in [6.07, 6.45) is 2.91. The van der Waals surface area contributed by atoms with E-state index < -0.39 is 5.97 Å². The molecule has 5 nitrogen and oxygen atoms in total. The summed E-state index contributed by atoms with van der Waals surface area (Å²) in [7, 11) is 0. The topological polar surface area (TPSA) is 96.9 Å². The number of carboxylic acids is 1. The largest absolute Gasteiger partial charge is 0.478 e. The summed E-state index contributed by atoms with van der Waals surface area (Å²) in [5.41, 5.74) is 2.21. The van der Waals surface area contributed by atoms with E-state index in [4.69, 9.17) is 10.5 Å². The molecule has 0 saturated heterocycles. The number of anilines is 1. The zero-order chi connectivity index (χ0) is 17.4. The summed E-state index contributed by atoms with van der Waals surface area (Å²) in [5, 5.41) is 29.6. The van der Waals surface area contributed by atoms with E-state index in [1.165, 1.54) is 6.20 Å². The molecule has 0 aromatic heterocycles. The van der Waals surface area contributed by atoms with Crippen LogP contribution in [0.15, 0.2) is 66.4 Å². The summed E-state index contributed by atoms with van der Waals surface area (Å²) in [6.45, 7) is 0. The van der Waals surface area contributed by atoms with Crippen molar-refractivity contribution in [2.24, 2.45) is 0 Å². The second-order valence-electron chi connectivity index (χ2n) is 4.78. The van der Waals surface area contributed by atoms with Crippen LogP contribution < -0.4 is 5.32 Å². The molecule has 0 fully saturated rings. The molecule has 0 atom stereocenters. The lowest BCUT2D eigenvalue weighted by Crippen LogP contribution is -1.99. The summed E-state index contributed by atoms with van der Waals surface area (Å²) in [6, 6.07) is 19.4. The van der Waals surface area contributed by atoms with Crippen LogP contribution in [0.1, 0.15) is 11.1 Å². The molecule has 0 aliphatic heterocycles. The zero-order valence-electron chi connectivity index (χ0n) is 12.6. The van der Waals surface area contributed by atoms with Crippen molar-refractivity contribution in [3.63, 3.8) is 0 Å². The van der Waals surface area contributed by atoms with Crippen molar-refractivity contribution >= 4 is 23.3 Å². The van der Waals surface area contributed by atoms with Gasteiger partial charge in [-0.15, -0.1) is 0 Å². The Kier molecular flexibility index (Phi) is 5.50. The van der Waals surface area contributed by atoms with Crippen LogP contribution in [0.25, 0.3) is 11.6 Å². The predicted molar refractivity (Wildman–Crippen MR) is 91.3 cm³/mol. The van der Waals surface area contributed by atoms with Crippen molar-refractivity contribution < 1.29 is 9.90 Å². The number of nitrogens with one attached hydrogen (secondary N) is 1. The van der Waals surface area contributed by atoms with Gasteiger partial charge in [-0.05, 0) is 29.3 Å². The number of rotatable bonds is 5. The minimum Gasteiger partial charge on any atom is -0.478 e. The molecule has 0 radical (unpaired) electrons. The van der Waals surface area contributed by atoms with Crippen molar-refractivity contribution in [1.82, 2.24) is 0 Å². The van der Waals surface area contributed by atoms with Crippen LogP contribution in [-0.2, 0) is 4.79 Å². The highest BCUT2D eigenvalue weighted by molar-refractivity contribution is 6.20. The first kappa shape index (κ1) is 16.5. The number of hydrogen-bond donors (Lipinski definition) is 2. The molecule has 0 spiro atoms. The van der Waals surface area contributed by atoms with Crippen LogP contribution in [0.3, 0.4) is 0 Å². The van der Waals surface area contributed by atoms with E-state index >= 15 is 0 Å². The van der Waals surface area contributed by atoms with Crippen LogP contribution in [0.2, 0.25) is 0 Å². The first-order chi connectivity index (χ1) is 11.6. The van der Waals surface area contributed by atoms with Crippen LogP contribution >= 0.6 is 0 Å². The van der Waals surface area contributed by atoms with E-state index in [1.807, 2.05) is 6.07 Å². The first-order valence-corrected chi connectivity index (χ1v) is 7.01. The van der Waals surface area contributed by atoms with Crippen LogP contribution in [0.5, 0.6) is 0 Å². The molecule has 5 heteroatoms. The minimum atomic E-state index is -1.00. The minimum absolute atomic E-state index is 0.0313. The molecule has 0 aliphatic carbocycles. The number of benzene rings is 2. The Bertz CT molecular complexity index is 852. The summed E-state index contributed by atoms with van der Waals surface area (Å²) >= 11 is 0. The Morgan fingerprint density at radius 1 is 1.00 bits per heavy atom. The Morgan fingerprint density at radius 2 is 1.62 bits per heavy atom. The molecular formula is C19H13N3O2. The van der Waals surface area contributed by atoms with E-state index in [2.05, 4.69) is 5.32 Å². The summed E-state index contributed by atoms with van der Waals surface area (Å²) in [4.78, 5) is 11.5. The van der Waals surface area contributed by atoms with Crippen LogP contribution in [0.4, 0.5) is 5.69 Å². The average Bonchev–Trinajstić information content (AvgIpc) is 2.62. The number of carbonyl (C=O) groups is 1. The molecule has 0 saturated carbocycles. The average molecular weight is 315 g/mol. The SMILES string of the molecule is N#CC(C#N)=CNc1ccc(C=C(C(=O)O)c2ccccc2)cc1. The van der Waals surface area contributed by atoms with Gasteiger partial charge in [0.1, 0.15) is 17.7 Å². The standard InChI is InChI=1S/C19H13N3O2/c20-11-15(12-21)13-22-17-8-6-14(7-9-17)10-18(19(23)24)16-4-2-1-3-5-16/h1-10,13,22H,(H,23,24). The normalized spacial score (nSPS) is 10.2. The number of nitrogens with zero attached hydrogens (tertiary/aromatic N) is 2. The van der Waals surface area contributed by atoms with Gasteiger partial charge >= 0.3 is 5.97 Å². The quantitative estimate of drug-likeness (QED) is 0.498. The van der Waals surface area contributed by atoms with Gasteiger partial charge in [0.25, 0.3) is 0 Å². The first-order valence-electron chi connectivity index (χ1n) is 7.01. The molecule has 0 amide bonds. The van der Waals surface area contributed by atoms with Crippen molar-refractivity contribution in [3.8, 4) is 12.1 Å². The molecule has 116 valence electrons. The number of hydrogen-bond acceptors (Lipinski definition) is 4. The lowest BCUT2D eigenvalue weighted by atomic mass is 10.0. The predicted octanol–water partition coefficient (Wildman–Crippen LogP) is 3.65. The van der Waals surface area contributed by atoms with Gasteiger partial charge in [-0.25, -0.2) is 4.79 Å². The molecule has 0 bridgehead atoms. The maximum atomic E-state index is 11.5. The number of aliphatic carboxylic acids is 1. The monoisotopic (exact) mass is 315 g/mol.